The number of guanidine groups is 1. The molecule has 21 heavy (non-hydrogen) atoms. The minimum Gasteiger partial charge on any atom is -0.396 e. The molecule has 0 aromatic rings. The second kappa shape index (κ2) is 14.2. The summed E-state index contributed by atoms with van der Waals surface area (Å²) in [5, 5.41) is 15.9. The van der Waals surface area contributed by atoms with E-state index in [1.54, 1.807) is 0 Å². The van der Waals surface area contributed by atoms with E-state index in [1.165, 1.54) is 25.7 Å². The highest BCUT2D eigenvalue weighted by Crippen LogP contribution is 2.15. The van der Waals surface area contributed by atoms with E-state index in [4.69, 9.17) is 5.11 Å². The summed E-state index contributed by atoms with van der Waals surface area (Å²) in [4.78, 5) is 4.69. The van der Waals surface area contributed by atoms with E-state index in [0.717, 1.165) is 38.4 Å². The Morgan fingerprint density at radius 2 is 1.86 bits per heavy atom. The minimum absolute atomic E-state index is 0.258. The summed E-state index contributed by atoms with van der Waals surface area (Å²) >= 11 is 0. The fraction of sp³-hybridized carbons (Fsp3) is 0.941. The fourth-order valence-corrected chi connectivity index (χ4v) is 2.45. The normalized spacial score (nSPS) is 13.5. The van der Waals surface area contributed by atoms with Crippen LogP contribution in [0.2, 0.25) is 0 Å². The van der Waals surface area contributed by atoms with Crippen LogP contribution in [0.4, 0.5) is 0 Å². The van der Waals surface area contributed by atoms with Gasteiger partial charge in [-0.15, -0.1) is 0 Å². The van der Waals surface area contributed by atoms with Gasteiger partial charge in [0.15, 0.2) is 5.96 Å². The van der Waals surface area contributed by atoms with Crippen LogP contribution in [0.3, 0.4) is 0 Å². The number of rotatable bonds is 12. The maximum atomic E-state index is 9.16. The van der Waals surface area contributed by atoms with E-state index in [1.807, 2.05) is 0 Å². The molecule has 0 radical (unpaired) electrons. The summed E-state index contributed by atoms with van der Waals surface area (Å²) in [5.74, 6) is 2.05. The maximum Gasteiger partial charge on any atom is 0.191 e. The van der Waals surface area contributed by atoms with E-state index >= 15 is 0 Å². The third-order valence-electron chi connectivity index (χ3n) is 3.52. The molecule has 3 N–H and O–H groups in total. The van der Waals surface area contributed by atoms with Crippen molar-refractivity contribution in [1.29, 1.82) is 0 Å². The van der Waals surface area contributed by atoms with Gasteiger partial charge in [0, 0.05) is 26.2 Å². The van der Waals surface area contributed by atoms with Crippen molar-refractivity contribution in [3.05, 3.63) is 0 Å². The number of aliphatic imine (C=N–C) groups is 1. The largest absolute Gasteiger partial charge is 0.396 e. The smallest absolute Gasteiger partial charge is 0.191 e. The van der Waals surface area contributed by atoms with Crippen LogP contribution >= 0.6 is 0 Å². The highest BCUT2D eigenvalue weighted by Gasteiger charge is 2.10. The minimum atomic E-state index is 0.258. The summed E-state index contributed by atoms with van der Waals surface area (Å²) in [5.41, 5.74) is 0. The topological polar surface area (TPSA) is 56.7 Å². The predicted octanol–water partition coefficient (Wildman–Crippen LogP) is 3.17. The van der Waals surface area contributed by atoms with Gasteiger partial charge in [-0.2, -0.15) is 0 Å². The average molecular weight is 300 g/mol. The van der Waals surface area contributed by atoms with Gasteiger partial charge in [0.1, 0.15) is 0 Å². The number of nitrogens with one attached hydrogen (secondary N) is 2. The number of hydrogen-bond donors (Lipinski definition) is 3. The van der Waals surface area contributed by atoms with E-state index in [2.05, 4.69) is 43.3 Å². The standard InChI is InChI=1S/C17H37N3O/c1-5-7-8-9-11-19-17(18-6-2)20-14-16(10-12-21)13-15(3)4/h15-16,21H,5-14H2,1-4H3,(H2,18,19,20). The third kappa shape index (κ3) is 12.7. The molecule has 0 bridgehead atoms. The quantitative estimate of drug-likeness (QED) is 0.295. The Kier molecular flexibility index (Phi) is 13.7. The number of aliphatic hydroxyl groups excluding tert-OH is 1. The molecule has 0 aromatic carbocycles. The van der Waals surface area contributed by atoms with Crippen LogP contribution in [-0.4, -0.2) is 37.3 Å². The second-order valence-corrected chi connectivity index (χ2v) is 6.21. The Balaban J connectivity index is 4.20. The van der Waals surface area contributed by atoms with E-state index in [0.29, 0.717) is 11.8 Å². The van der Waals surface area contributed by atoms with Gasteiger partial charge in [-0.05, 0) is 38.0 Å². The van der Waals surface area contributed by atoms with Crippen molar-refractivity contribution in [2.45, 2.75) is 66.2 Å². The Bertz CT molecular complexity index is 254. The molecule has 0 heterocycles. The molecular weight excluding hydrogens is 262 g/mol. The number of hydrogen-bond acceptors (Lipinski definition) is 2. The zero-order valence-corrected chi connectivity index (χ0v) is 14.6. The molecular formula is C17H37N3O. The van der Waals surface area contributed by atoms with Crippen molar-refractivity contribution >= 4 is 5.96 Å². The van der Waals surface area contributed by atoms with Crippen LogP contribution in [0, 0.1) is 11.8 Å². The molecule has 1 unspecified atom stereocenters. The first-order valence-corrected chi connectivity index (χ1v) is 8.77. The predicted molar refractivity (Wildman–Crippen MR) is 92.8 cm³/mol. The van der Waals surface area contributed by atoms with Crippen LogP contribution in [0.15, 0.2) is 4.99 Å². The third-order valence-corrected chi connectivity index (χ3v) is 3.52. The van der Waals surface area contributed by atoms with Crippen LogP contribution in [-0.2, 0) is 0 Å². The van der Waals surface area contributed by atoms with Crippen molar-refractivity contribution in [3.8, 4) is 0 Å². The van der Waals surface area contributed by atoms with Crippen molar-refractivity contribution in [2.24, 2.45) is 16.8 Å². The molecule has 0 fully saturated rings. The lowest BCUT2D eigenvalue weighted by Crippen LogP contribution is -2.38. The number of aliphatic hydroxyl groups is 1. The number of nitrogens with zero attached hydrogens (tertiary/aromatic N) is 1. The molecule has 0 aliphatic heterocycles. The summed E-state index contributed by atoms with van der Waals surface area (Å²) < 4.78 is 0. The van der Waals surface area contributed by atoms with Crippen LogP contribution in [0.5, 0.6) is 0 Å². The first kappa shape index (κ1) is 20.2. The molecule has 0 saturated heterocycles. The van der Waals surface area contributed by atoms with Gasteiger partial charge < -0.3 is 15.7 Å². The summed E-state index contributed by atoms with van der Waals surface area (Å²) in [6, 6.07) is 0. The van der Waals surface area contributed by atoms with Crippen LogP contribution in [0.25, 0.3) is 0 Å². The molecule has 1 atom stereocenters. The summed E-state index contributed by atoms with van der Waals surface area (Å²) in [7, 11) is 0. The monoisotopic (exact) mass is 299 g/mol. The lowest BCUT2D eigenvalue weighted by molar-refractivity contribution is 0.245. The van der Waals surface area contributed by atoms with Crippen LogP contribution in [0.1, 0.15) is 66.2 Å². The zero-order chi connectivity index (χ0) is 15.9. The van der Waals surface area contributed by atoms with Crippen molar-refractivity contribution in [3.63, 3.8) is 0 Å². The molecule has 0 saturated carbocycles. The molecule has 4 heteroatoms. The molecule has 126 valence electrons. The van der Waals surface area contributed by atoms with Gasteiger partial charge in [-0.3, -0.25) is 4.99 Å². The van der Waals surface area contributed by atoms with Crippen molar-refractivity contribution < 1.29 is 5.11 Å². The highest BCUT2D eigenvalue weighted by atomic mass is 16.3. The Labute approximate surface area is 131 Å². The highest BCUT2D eigenvalue weighted by molar-refractivity contribution is 5.79. The van der Waals surface area contributed by atoms with E-state index in [9.17, 15) is 0 Å². The zero-order valence-electron chi connectivity index (χ0n) is 14.6. The molecule has 4 nitrogen and oxygen atoms in total. The van der Waals surface area contributed by atoms with Crippen molar-refractivity contribution in [1.82, 2.24) is 10.6 Å². The molecule has 0 rings (SSSR count). The SMILES string of the molecule is CCCCCCNC(=NCC(CCO)CC(C)C)NCC. The Morgan fingerprint density at radius 1 is 1.10 bits per heavy atom. The molecule has 0 amide bonds. The average Bonchev–Trinajstić information content (AvgIpc) is 2.43. The van der Waals surface area contributed by atoms with Gasteiger partial charge in [0.25, 0.3) is 0 Å². The second-order valence-electron chi connectivity index (χ2n) is 6.21. The molecule has 0 aliphatic rings. The summed E-state index contributed by atoms with van der Waals surface area (Å²) in [6.45, 7) is 11.7. The lowest BCUT2D eigenvalue weighted by atomic mass is 9.94. The van der Waals surface area contributed by atoms with Gasteiger partial charge >= 0.3 is 0 Å². The van der Waals surface area contributed by atoms with E-state index < -0.39 is 0 Å². The van der Waals surface area contributed by atoms with Gasteiger partial charge in [-0.25, -0.2) is 0 Å². The maximum absolute atomic E-state index is 9.16. The Hall–Kier alpha value is -0.770. The van der Waals surface area contributed by atoms with Gasteiger partial charge in [0.2, 0.25) is 0 Å². The van der Waals surface area contributed by atoms with Gasteiger partial charge in [0.05, 0.1) is 0 Å². The van der Waals surface area contributed by atoms with Crippen LogP contribution < -0.4 is 10.6 Å². The lowest BCUT2D eigenvalue weighted by Gasteiger charge is -2.17. The summed E-state index contributed by atoms with van der Waals surface area (Å²) in [6.07, 6.45) is 7.03. The molecule has 0 aliphatic carbocycles. The number of unbranched alkanes of at least 4 members (excludes halogenated alkanes) is 3. The first-order valence-electron chi connectivity index (χ1n) is 8.77. The van der Waals surface area contributed by atoms with Crippen molar-refractivity contribution in [2.75, 3.05) is 26.2 Å². The van der Waals surface area contributed by atoms with Gasteiger partial charge in [-0.1, -0.05) is 40.0 Å². The fourth-order valence-electron chi connectivity index (χ4n) is 2.45. The molecule has 0 spiro atoms. The Morgan fingerprint density at radius 3 is 2.43 bits per heavy atom. The first-order chi connectivity index (χ1) is 10.1. The van der Waals surface area contributed by atoms with E-state index in [-0.39, 0.29) is 6.61 Å². The molecule has 0 aromatic heterocycles.